The molecule has 1 amide bonds. The van der Waals surface area contributed by atoms with Crippen LogP contribution >= 0.6 is 11.3 Å². The standard InChI is InChI=1S/C24H25N3O4S/c1-24(2,3)14-7-8-16-19(12-14)32-23-20(16)22(28)25-21(26-23)18-10-9-17(31-18)13-5-4-6-15(11-13)27(29)30/h4-6,9-11,14,21,26H,7-8,12H2,1-3H3,(H,25,28)/t14-,21-/m0/s1. The van der Waals surface area contributed by atoms with Gasteiger partial charge in [0, 0.05) is 22.6 Å². The number of nitro groups is 1. The number of nitrogens with zero attached hydrogens (tertiary/aromatic N) is 1. The first-order valence-electron chi connectivity index (χ1n) is 10.8. The lowest BCUT2D eigenvalue weighted by atomic mass is 9.72. The first kappa shape index (κ1) is 20.8. The molecule has 3 heterocycles. The lowest BCUT2D eigenvalue weighted by molar-refractivity contribution is -0.384. The molecule has 1 aromatic carbocycles. The summed E-state index contributed by atoms with van der Waals surface area (Å²) >= 11 is 1.68. The van der Waals surface area contributed by atoms with Gasteiger partial charge < -0.3 is 15.1 Å². The van der Waals surface area contributed by atoms with E-state index in [-0.39, 0.29) is 17.0 Å². The lowest BCUT2D eigenvalue weighted by Crippen LogP contribution is -2.38. The van der Waals surface area contributed by atoms with Gasteiger partial charge >= 0.3 is 0 Å². The molecule has 5 rings (SSSR count). The van der Waals surface area contributed by atoms with Crippen LogP contribution in [-0.4, -0.2) is 10.8 Å². The number of amides is 1. The molecule has 3 aromatic rings. The maximum atomic E-state index is 13.0. The Morgan fingerprint density at radius 2 is 2.00 bits per heavy atom. The Morgan fingerprint density at radius 3 is 2.75 bits per heavy atom. The zero-order valence-corrected chi connectivity index (χ0v) is 19.0. The van der Waals surface area contributed by atoms with E-state index in [0.717, 1.165) is 29.8 Å². The molecule has 0 saturated heterocycles. The van der Waals surface area contributed by atoms with Gasteiger partial charge in [0.05, 0.1) is 10.5 Å². The number of carbonyl (C=O) groups is 1. The number of nitrogens with one attached hydrogen (secondary N) is 2. The smallest absolute Gasteiger partial charge is 0.270 e. The predicted molar refractivity (Wildman–Crippen MR) is 124 cm³/mol. The number of anilines is 1. The second-order valence-corrected chi connectivity index (χ2v) is 10.7. The van der Waals surface area contributed by atoms with Gasteiger partial charge in [-0.05, 0) is 48.3 Å². The number of nitro benzene ring substituents is 1. The fourth-order valence-electron chi connectivity index (χ4n) is 4.62. The van der Waals surface area contributed by atoms with Crippen molar-refractivity contribution in [1.29, 1.82) is 0 Å². The Hall–Kier alpha value is -3.13. The minimum absolute atomic E-state index is 0.00640. The molecule has 1 aliphatic carbocycles. The van der Waals surface area contributed by atoms with Crippen LogP contribution in [-0.2, 0) is 12.8 Å². The Balaban J connectivity index is 1.40. The van der Waals surface area contributed by atoms with Crippen molar-refractivity contribution in [2.75, 3.05) is 5.32 Å². The molecule has 1 aliphatic heterocycles. The first-order chi connectivity index (χ1) is 15.2. The van der Waals surface area contributed by atoms with Crippen LogP contribution in [0.15, 0.2) is 40.8 Å². The minimum Gasteiger partial charge on any atom is -0.457 e. The van der Waals surface area contributed by atoms with Crippen LogP contribution in [0.5, 0.6) is 0 Å². The van der Waals surface area contributed by atoms with E-state index in [4.69, 9.17) is 4.42 Å². The van der Waals surface area contributed by atoms with Crippen molar-refractivity contribution in [3.63, 3.8) is 0 Å². The van der Waals surface area contributed by atoms with Crippen LogP contribution in [0.4, 0.5) is 10.7 Å². The number of fused-ring (bicyclic) bond motifs is 3. The van der Waals surface area contributed by atoms with Gasteiger partial charge in [-0.15, -0.1) is 11.3 Å². The van der Waals surface area contributed by atoms with Gasteiger partial charge in [0.2, 0.25) is 0 Å². The zero-order valence-electron chi connectivity index (χ0n) is 18.2. The maximum absolute atomic E-state index is 13.0. The van der Waals surface area contributed by atoms with E-state index >= 15 is 0 Å². The van der Waals surface area contributed by atoms with Crippen LogP contribution in [0.2, 0.25) is 0 Å². The fraction of sp³-hybridized carbons (Fsp3) is 0.375. The topological polar surface area (TPSA) is 97.4 Å². The zero-order chi connectivity index (χ0) is 22.6. The average Bonchev–Trinajstić information content (AvgIpc) is 3.37. The van der Waals surface area contributed by atoms with E-state index in [1.165, 1.54) is 22.6 Å². The third-order valence-corrected chi connectivity index (χ3v) is 7.71. The Labute approximate surface area is 190 Å². The van der Waals surface area contributed by atoms with Crippen LogP contribution in [0.3, 0.4) is 0 Å². The number of hydrogen-bond acceptors (Lipinski definition) is 6. The number of hydrogen-bond donors (Lipinski definition) is 2. The van der Waals surface area contributed by atoms with Gasteiger partial charge in [-0.1, -0.05) is 32.9 Å². The van der Waals surface area contributed by atoms with Crippen molar-refractivity contribution in [1.82, 2.24) is 5.32 Å². The highest BCUT2D eigenvalue weighted by Gasteiger charge is 2.37. The summed E-state index contributed by atoms with van der Waals surface area (Å²) in [5.41, 5.74) is 2.84. The van der Waals surface area contributed by atoms with Crippen molar-refractivity contribution in [3.05, 3.63) is 68.3 Å². The Morgan fingerprint density at radius 1 is 1.19 bits per heavy atom. The largest absolute Gasteiger partial charge is 0.457 e. The van der Waals surface area contributed by atoms with Crippen molar-refractivity contribution >= 4 is 27.9 Å². The summed E-state index contributed by atoms with van der Waals surface area (Å²) in [4.78, 5) is 25.0. The van der Waals surface area contributed by atoms with Gasteiger partial charge in [0.15, 0.2) is 6.17 Å². The quantitative estimate of drug-likeness (QED) is 0.380. The average molecular weight is 452 g/mol. The van der Waals surface area contributed by atoms with Gasteiger partial charge in [-0.3, -0.25) is 14.9 Å². The third kappa shape index (κ3) is 3.58. The molecule has 8 heteroatoms. The number of benzene rings is 1. The van der Waals surface area contributed by atoms with E-state index < -0.39 is 11.1 Å². The number of non-ortho nitro benzene ring substituents is 1. The molecular formula is C24H25N3O4S. The summed E-state index contributed by atoms with van der Waals surface area (Å²) in [6.07, 6.45) is 2.55. The first-order valence-corrected chi connectivity index (χ1v) is 11.6. The molecule has 2 atom stereocenters. The summed E-state index contributed by atoms with van der Waals surface area (Å²) in [6, 6.07) is 9.88. The van der Waals surface area contributed by atoms with Crippen LogP contribution in [0.25, 0.3) is 11.3 Å². The molecular weight excluding hydrogens is 426 g/mol. The normalized spacial score (nSPS) is 20.2. The van der Waals surface area contributed by atoms with Crippen molar-refractivity contribution < 1.29 is 14.1 Å². The van der Waals surface area contributed by atoms with E-state index in [1.807, 2.05) is 0 Å². The molecule has 32 heavy (non-hydrogen) atoms. The Kier molecular flexibility index (Phi) is 4.85. The summed E-state index contributed by atoms with van der Waals surface area (Å²) in [7, 11) is 0. The Bertz CT molecular complexity index is 1220. The van der Waals surface area contributed by atoms with Gasteiger partial charge in [-0.25, -0.2) is 0 Å². The molecule has 0 fully saturated rings. The van der Waals surface area contributed by atoms with Gasteiger partial charge in [0.25, 0.3) is 11.6 Å². The van der Waals surface area contributed by atoms with E-state index in [2.05, 4.69) is 31.4 Å². The van der Waals surface area contributed by atoms with E-state index in [1.54, 1.807) is 35.6 Å². The number of thiophene rings is 1. The fourth-order valence-corrected chi connectivity index (χ4v) is 5.97. The number of carbonyl (C=O) groups excluding carboxylic acids is 1. The molecule has 7 nitrogen and oxygen atoms in total. The van der Waals surface area contributed by atoms with E-state index in [9.17, 15) is 14.9 Å². The van der Waals surface area contributed by atoms with E-state index in [0.29, 0.717) is 23.0 Å². The molecule has 0 radical (unpaired) electrons. The number of furan rings is 1. The second kappa shape index (κ2) is 7.48. The highest BCUT2D eigenvalue weighted by molar-refractivity contribution is 7.16. The maximum Gasteiger partial charge on any atom is 0.270 e. The number of rotatable bonds is 3. The summed E-state index contributed by atoms with van der Waals surface area (Å²) < 4.78 is 5.98. The van der Waals surface area contributed by atoms with Crippen LogP contribution in [0, 0.1) is 21.4 Å². The molecule has 0 bridgehead atoms. The van der Waals surface area contributed by atoms with Crippen LogP contribution in [0.1, 0.15) is 59.9 Å². The molecule has 0 unspecified atom stereocenters. The highest BCUT2D eigenvalue weighted by Crippen LogP contribution is 2.46. The summed E-state index contributed by atoms with van der Waals surface area (Å²) in [5, 5.41) is 18.4. The molecule has 2 N–H and O–H groups in total. The van der Waals surface area contributed by atoms with Gasteiger partial charge in [0.1, 0.15) is 16.5 Å². The highest BCUT2D eigenvalue weighted by atomic mass is 32.1. The van der Waals surface area contributed by atoms with Crippen molar-refractivity contribution in [2.45, 2.75) is 46.2 Å². The molecule has 2 aliphatic rings. The van der Waals surface area contributed by atoms with Crippen molar-refractivity contribution in [2.24, 2.45) is 11.3 Å². The molecule has 0 spiro atoms. The lowest BCUT2D eigenvalue weighted by Gasteiger charge is -2.34. The minimum atomic E-state index is -0.485. The second-order valence-electron chi connectivity index (χ2n) is 9.57. The molecule has 2 aromatic heterocycles. The van der Waals surface area contributed by atoms with Gasteiger partial charge in [-0.2, -0.15) is 0 Å². The summed E-state index contributed by atoms with van der Waals surface area (Å²) in [6.45, 7) is 6.85. The molecule has 0 saturated carbocycles. The van der Waals surface area contributed by atoms with Crippen LogP contribution < -0.4 is 10.6 Å². The SMILES string of the molecule is CC(C)(C)[C@H]1CCc2c(sc3c2C(=O)N[C@H](c2ccc(-c4cccc([N+](=O)[O-])c4)o2)N3)C1. The molecule has 166 valence electrons. The predicted octanol–water partition coefficient (Wildman–Crippen LogP) is 5.92. The third-order valence-electron chi connectivity index (χ3n) is 6.52. The van der Waals surface area contributed by atoms with Crippen molar-refractivity contribution in [3.8, 4) is 11.3 Å². The summed E-state index contributed by atoms with van der Waals surface area (Å²) in [5.74, 6) is 1.61. The monoisotopic (exact) mass is 451 g/mol.